The Balaban J connectivity index is 1.77. The third kappa shape index (κ3) is 5.31. The summed E-state index contributed by atoms with van der Waals surface area (Å²) in [4.78, 5) is 17.2. The van der Waals surface area contributed by atoms with Crippen LogP contribution in [-0.2, 0) is 17.8 Å². The van der Waals surface area contributed by atoms with E-state index in [9.17, 15) is 4.79 Å². The molecule has 1 atom stereocenters. The van der Waals surface area contributed by atoms with E-state index in [0.29, 0.717) is 11.6 Å². The van der Waals surface area contributed by atoms with Gasteiger partial charge in [0.1, 0.15) is 0 Å². The summed E-state index contributed by atoms with van der Waals surface area (Å²) in [6.45, 7) is 2.67. The van der Waals surface area contributed by atoms with Gasteiger partial charge in [-0.1, -0.05) is 35.9 Å². The molecule has 0 aliphatic heterocycles. The Bertz CT molecular complexity index is 839. The zero-order valence-corrected chi connectivity index (χ0v) is 16.9. The molecule has 1 amide bonds. The minimum absolute atomic E-state index is 0.0254. The molecule has 1 unspecified atom stereocenters. The minimum Gasteiger partial charge on any atom is -0.332 e. The molecule has 0 aliphatic carbocycles. The fourth-order valence-electron chi connectivity index (χ4n) is 2.70. The Morgan fingerprint density at radius 2 is 1.85 bits per heavy atom. The minimum atomic E-state index is 0.0254. The highest BCUT2D eigenvalue weighted by Gasteiger charge is 2.19. The first-order valence-corrected chi connectivity index (χ1v) is 10.5. The van der Waals surface area contributed by atoms with Crippen molar-refractivity contribution in [3.63, 3.8) is 0 Å². The molecule has 5 heteroatoms. The zero-order valence-electron chi connectivity index (χ0n) is 14.5. The molecule has 0 radical (unpaired) electrons. The second-order valence-electron chi connectivity index (χ2n) is 6.07. The molecule has 0 aliphatic rings. The summed E-state index contributed by atoms with van der Waals surface area (Å²) in [7, 11) is 0. The molecular formula is C21H20ClNOS2. The molecule has 3 aromatic rings. The number of nitrogens with zero attached hydrogens (tertiary/aromatic N) is 1. The summed E-state index contributed by atoms with van der Waals surface area (Å²) < 4.78 is 0. The summed E-state index contributed by atoms with van der Waals surface area (Å²) in [5.74, 6) is 0.0254. The number of carbonyl (C=O) groups excluding carboxylic acids is 1. The lowest BCUT2D eigenvalue weighted by Crippen LogP contribution is -2.38. The van der Waals surface area contributed by atoms with Crippen LogP contribution in [0.2, 0.25) is 5.02 Å². The average molecular weight is 402 g/mol. The van der Waals surface area contributed by atoms with E-state index in [1.54, 1.807) is 28.7 Å². The molecule has 2 heterocycles. The lowest BCUT2D eigenvalue weighted by Gasteiger charge is -2.28. The predicted molar refractivity (Wildman–Crippen MR) is 113 cm³/mol. The van der Waals surface area contributed by atoms with E-state index in [1.165, 1.54) is 4.88 Å². The Hall–Kier alpha value is -1.88. The van der Waals surface area contributed by atoms with Gasteiger partial charge < -0.3 is 4.90 Å². The second kappa shape index (κ2) is 9.17. The number of rotatable bonds is 7. The molecule has 0 saturated carbocycles. The quantitative estimate of drug-likeness (QED) is 0.435. The molecule has 1 aromatic carbocycles. The number of amides is 1. The van der Waals surface area contributed by atoms with Crippen molar-refractivity contribution in [2.24, 2.45) is 0 Å². The third-order valence-electron chi connectivity index (χ3n) is 4.09. The van der Waals surface area contributed by atoms with Crippen molar-refractivity contribution in [2.75, 3.05) is 0 Å². The largest absolute Gasteiger partial charge is 0.332 e. The maximum absolute atomic E-state index is 12.9. The lowest BCUT2D eigenvalue weighted by molar-refractivity contribution is -0.128. The number of hydrogen-bond acceptors (Lipinski definition) is 3. The molecule has 26 heavy (non-hydrogen) atoms. The number of thiophene rings is 2. The average Bonchev–Trinajstić information content (AvgIpc) is 3.33. The van der Waals surface area contributed by atoms with Crippen LogP contribution in [0, 0.1) is 0 Å². The van der Waals surface area contributed by atoms with Crippen molar-refractivity contribution in [1.82, 2.24) is 4.90 Å². The molecule has 0 fully saturated rings. The first-order valence-electron chi connectivity index (χ1n) is 8.41. The molecule has 134 valence electrons. The highest BCUT2D eigenvalue weighted by molar-refractivity contribution is 7.10. The third-order valence-corrected chi connectivity index (χ3v) is 6.08. The van der Waals surface area contributed by atoms with E-state index in [1.807, 2.05) is 52.8 Å². The molecule has 0 saturated heterocycles. The van der Waals surface area contributed by atoms with Crippen molar-refractivity contribution in [2.45, 2.75) is 25.9 Å². The zero-order chi connectivity index (χ0) is 18.4. The highest BCUT2D eigenvalue weighted by Crippen LogP contribution is 2.19. The molecule has 2 aromatic heterocycles. The van der Waals surface area contributed by atoms with Crippen molar-refractivity contribution in [3.8, 4) is 0 Å². The van der Waals surface area contributed by atoms with Gasteiger partial charge in [-0.2, -0.15) is 0 Å². The summed E-state index contributed by atoms with van der Waals surface area (Å²) in [6, 6.07) is 15.9. The van der Waals surface area contributed by atoms with Crippen LogP contribution in [0.15, 0.2) is 65.4 Å². The monoisotopic (exact) mass is 401 g/mol. The van der Waals surface area contributed by atoms with Gasteiger partial charge in [0.2, 0.25) is 5.91 Å². The predicted octanol–water partition coefficient (Wildman–Crippen LogP) is 6.14. The number of carbonyl (C=O) groups is 1. The highest BCUT2D eigenvalue weighted by atomic mass is 35.5. The fraction of sp³-hybridized carbons (Fsp3) is 0.190. The molecular weight excluding hydrogens is 382 g/mol. The van der Waals surface area contributed by atoms with Gasteiger partial charge >= 0.3 is 0 Å². The second-order valence-corrected chi connectivity index (χ2v) is 8.52. The van der Waals surface area contributed by atoms with Gasteiger partial charge in [0.15, 0.2) is 0 Å². The van der Waals surface area contributed by atoms with E-state index in [2.05, 4.69) is 24.4 Å². The van der Waals surface area contributed by atoms with E-state index < -0.39 is 0 Å². The Morgan fingerprint density at radius 3 is 2.50 bits per heavy atom. The van der Waals surface area contributed by atoms with Gasteiger partial charge in [-0.15, -0.1) is 22.7 Å². The molecule has 0 spiro atoms. The Labute approximate surface area is 167 Å². The van der Waals surface area contributed by atoms with Crippen molar-refractivity contribution in [3.05, 3.63) is 85.7 Å². The van der Waals surface area contributed by atoms with Crippen LogP contribution in [0.1, 0.15) is 22.2 Å². The van der Waals surface area contributed by atoms with Crippen molar-refractivity contribution < 1.29 is 4.79 Å². The smallest absolute Gasteiger partial charge is 0.247 e. The summed E-state index contributed by atoms with van der Waals surface area (Å²) in [5, 5.41) is 4.79. The van der Waals surface area contributed by atoms with Crippen LogP contribution < -0.4 is 0 Å². The van der Waals surface area contributed by atoms with Crippen molar-refractivity contribution >= 4 is 46.3 Å². The SMILES string of the molecule is CC(Cc1cccs1)N(Cc1ccc(Cl)cc1)C(=O)/C=C/c1cccs1. The van der Waals surface area contributed by atoms with Gasteiger partial charge in [-0.3, -0.25) is 4.79 Å². The van der Waals surface area contributed by atoms with Gasteiger partial charge in [-0.25, -0.2) is 0 Å². The topological polar surface area (TPSA) is 20.3 Å². The van der Waals surface area contributed by atoms with E-state index in [4.69, 9.17) is 11.6 Å². The Morgan fingerprint density at radius 1 is 1.12 bits per heavy atom. The van der Waals surface area contributed by atoms with Gasteiger partial charge in [0, 0.05) is 39.9 Å². The van der Waals surface area contributed by atoms with Crippen LogP contribution in [0.25, 0.3) is 6.08 Å². The first-order chi connectivity index (χ1) is 12.6. The summed E-state index contributed by atoms with van der Waals surface area (Å²) >= 11 is 9.34. The summed E-state index contributed by atoms with van der Waals surface area (Å²) in [6.07, 6.45) is 4.41. The number of benzene rings is 1. The fourth-order valence-corrected chi connectivity index (χ4v) is 4.27. The lowest BCUT2D eigenvalue weighted by atomic mass is 10.1. The van der Waals surface area contributed by atoms with Crippen molar-refractivity contribution in [1.29, 1.82) is 0 Å². The van der Waals surface area contributed by atoms with Crippen LogP contribution >= 0.6 is 34.3 Å². The van der Waals surface area contributed by atoms with Crippen LogP contribution in [0.5, 0.6) is 0 Å². The number of hydrogen-bond donors (Lipinski definition) is 0. The molecule has 0 bridgehead atoms. The van der Waals surface area contributed by atoms with Crippen LogP contribution in [-0.4, -0.2) is 16.8 Å². The molecule has 0 N–H and O–H groups in total. The van der Waals surface area contributed by atoms with E-state index >= 15 is 0 Å². The summed E-state index contributed by atoms with van der Waals surface area (Å²) in [5.41, 5.74) is 1.07. The number of halogens is 1. The normalized spacial score (nSPS) is 12.4. The first kappa shape index (κ1) is 18.9. The standard InChI is InChI=1S/C21H20ClNOS2/c1-16(14-20-5-3-13-26-20)23(15-17-6-8-18(22)9-7-17)21(24)11-10-19-4-2-12-25-19/h2-13,16H,14-15H2,1H3/b11-10+. The maximum Gasteiger partial charge on any atom is 0.247 e. The van der Waals surface area contributed by atoms with Gasteiger partial charge in [0.25, 0.3) is 0 Å². The van der Waals surface area contributed by atoms with E-state index in [0.717, 1.165) is 16.9 Å². The van der Waals surface area contributed by atoms with E-state index in [-0.39, 0.29) is 11.9 Å². The van der Waals surface area contributed by atoms with Gasteiger partial charge in [0.05, 0.1) is 0 Å². The Kier molecular flexibility index (Phi) is 6.67. The van der Waals surface area contributed by atoms with Crippen LogP contribution in [0.3, 0.4) is 0 Å². The van der Waals surface area contributed by atoms with Crippen LogP contribution in [0.4, 0.5) is 0 Å². The molecule has 3 rings (SSSR count). The van der Waals surface area contributed by atoms with Gasteiger partial charge in [-0.05, 0) is 53.6 Å². The maximum atomic E-state index is 12.9. The molecule has 2 nitrogen and oxygen atoms in total.